The average Bonchev–Trinajstić information content (AvgIpc) is 3.19. The van der Waals surface area contributed by atoms with Crippen LogP contribution in [0.4, 0.5) is 5.69 Å². The summed E-state index contributed by atoms with van der Waals surface area (Å²) in [7, 11) is 1.57. The molecule has 196 valence electrons. The standard InChI is InChI=1S/C32H33NO5/c1-5-38-27-18-23(14-15-26(27)37-4)29-28(30(34)24-13-12-21-8-6-7-9-22(21)17-24)31(35)32(36)33(29)25-16-19(2)10-11-20(25)3/h10-18,29,34H,5-9H2,1-4H3/b30-28+. The van der Waals surface area contributed by atoms with Crippen LogP contribution >= 0.6 is 0 Å². The van der Waals surface area contributed by atoms with Crippen LogP contribution in [0.25, 0.3) is 5.76 Å². The first kappa shape index (κ1) is 25.6. The third-order valence-corrected chi connectivity index (χ3v) is 7.49. The van der Waals surface area contributed by atoms with Crippen molar-refractivity contribution in [3.63, 3.8) is 0 Å². The monoisotopic (exact) mass is 511 g/mol. The number of ketones is 1. The molecule has 1 unspecified atom stereocenters. The van der Waals surface area contributed by atoms with Crippen molar-refractivity contribution in [3.05, 3.63) is 93.6 Å². The third-order valence-electron chi connectivity index (χ3n) is 7.49. The van der Waals surface area contributed by atoms with Crippen molar-refractivity contribution in [2.45, 2.75) is 52.5 Å². The third kappa shape index (κ3) is 4.44. The van der Waals surface area contributed by atoms with Crippen LogP contribution in [-0.4, -0.2) is 30.5 Å². The van der Waals surface area contributed by atoms with Crippen LogP contribution in [0.2, 0.25) is 0 Å². The van der Waals surface area contributed by atoms with Crippen LogP contribution in [0.1, 0.15) is 59.2 Å². The van der Waals surface area contributed by atoms with Gasteiger partial charge in [0.2, 0.25) is 0 Å². The first-order valence-corrected chi connectivity index (χ1v) is 13.1. The fourth-order valence-electron chi connectivity index (χ4n) is 5.54. The average molecular weight is 512 g/mol. The number of ether oxygens (including phenoxy) is 2. The second-order valence-corrected chi connectivity index (χ2v) is 9.99. The van der Waals surface area contributed by atoms with Gasteiger partial charge in [-0.3, -0.25) is 14.5 Å². The molecule has 2 aliphatic rings. The number of methoxy groups -OCH3 is 1. The van der Waals surface area contributed by atoms with Gasteiger partial charge in [-0.2, -0.15) is 0 Å². The topological polar surface area (TPSA) is 76.1 Å². The number of benzene rings is 3. The smallest absolute Gasteiger partial charge is 0.300 e. The van der Waals surface area contributed by atoms with Crippen molar-refractivity contribution < 1.29 is 24.2 Å². The van der Waals surface area contributed by atoms with Gasteiger partial charge < -0.3 is 14.6 Å². The van der Waals surface area contributed by atoms with Gasteiger partial charge in [0.15, 0.2) is 11.5 Å². The van der Waals surface area contributed by atoms with Crippen molar-refractivity contribution >= 4 is 23.1 Å². The minimum absolute atomic E-state index is 0.0688. The molecule has 5 rings (SSSR count). The van der Waals surface area contributed by atoms with Gasteiger partial charge in [-0.05, 0) is 98.5 Å². The van der Waals surface area contributed by atoms with Crippen LogP contribution < -0.4 is 14.4 Å². The van der Waals surface area contributed by atoms with Gasteiger partial charge in [0.05, 0.1) is 25.3 Å². The second kappa shape index (κ2) is 10.4. The fourth-order valence-corrected chi connectivity index (χ4v) is 5.54. The molecule has 38 heavy (non-hydrogen) atoms. The van der Waals surface area contributed by atoms with Gasteiger partial charge in [-0.25, -0.2) is 0 Å². The lowest BCUT2D eigenvalue weighted by Gasteiger charge is -2.28. The number of nitrogens with zero attached hydrogens (tertiary/aromatic N) is 1. The van der Waals surface area contributed by atoms with E-state index in [2.05, 4.69) is 0 Å². The number of aryl methyl sites for hydroxylation is 4. The summed E-state index contributed by atoms with van der Waals surface area (Å²) in [6.45, 7) is 6.16. The Balaban J connectivity index is 1.73. The molecule has 1 fully saturated rings. The van der Waals surface area contributed by atoms with E-state index in [1.54, 1.807) is 19.2 Å². The van der Waals surface area contributed by atoms with Crippen molar-refractivity contribution in [1.29, 1.82) is 0 Å². The maximum atomic E-state index is 13.6. The molecule has 1 aliphatic heterocycles. The summed E-state index contributed by atoms with van der Waals surface area (Å²) >= 11 is 0. The maximum absolute atomic E-state index is 13.6. The van der Waals surface area contributed by atoms with Crippen LogP contribution in [0, 0.1) is 13.8 Å². The predicted octanol–water partition coefficient (Wildman–Crippen LogP) is 6.22. The van der Waals surface area contributed by atoms with E-state index in [9.17, 15) is 14.7 Å². The maximum Gasteiger partial charge on any atom is 0.300 e. The van der Waals surface area contributed by atoms with Crippen LogP contribution in [0.3, 0.4) is 0 Å². The first-order valence-electron chi connectivity index (χ1n) is 13.1. The Morgan fingerprint density at radius 1 is 0.947 bits per heavy atom. The Morgan fingerprint density at radius 2 is 1.71 bits per heavy atom. The Bertz CT molecular complexity index is 1450. The number of carbonyl (C=O) groups is 2. The molecule has 0 bridgehead atoms. The normalized spacial score (nSPS) is 18.4. The number of rotatable bonds is 6. The summed E-state index contributed by atoms with van der Waals surface area (Å²) in [5, 5.41) is 11.6. The van der Waals surface area contributed by atoms with E-state index >= 15 is 0 Å². The van der Waals surface area contributed by atoms with E-state index in [-0.39, 0.29) is 11.3 Å². The van der Waals surface area contributed by atoms with Gasteiger partial charge in [0.25, 0.3) is 11.7 Å². The van der Waals surface area contributed by atoms with Crippen LogP contribution in [-0.2, 0) is 22.4 Å². The van der Waals surface area contributed by atoms with Crippen molar-refractivity contribution in [3.8, 4) is 11.5 Å². The number of hydrogen-bond acceptors (Lipinski definition) is 5. The number of amides is 1. The highest BCUT2D eigenvalue weighted by Crippen LogP contribution is 2.45. The first-order chi connectivity index (χ1) is 18.3. The minimum Gasteiger partial charge on any atom is -0.507 e. The van der Waals surface area contributed by atoms with Gasteiger partial charge in [-0.1, -0.05) is 30.3 Å². The lowest BCUT2D eigenvalue weighted by Crippen LogP contribution is -2.30. The second-order valence-electron chi connectivity index (χ2n) is 9.99. The van der Waals surface area contributed by atoms with Crippen LogP contribution in [0.5, 0.6) is 11.5 Å². The molecule has 0 saturated carbocycles. The van der Waals surface area contributed by atoms with Crippen molar-refractivity contribution in [2.75, 3.05) is 18.6 Å². The lowest BCUT2D eigenvalue weighted by atomic mass is 9.88. The Morgan fingerprint density at radius 3 is 2.45 bits per heavy atom. The Labute approximate surface area is 223 Å². The zero-order chi connectivity index (χ0) is 27.0. The Hall–Kier alpha value is -4.06. The summed E-state index contributed by atoms with van der Waals surface area (Å²) in [6.07, 6.45) is 4.20. The number of carbonyl (C=O) groups excluding carboxylic acids is 2. The molecule has 1 amide bonds. The summed E-state index contributed by atoms with van der Waals surface area (Å²) in [4.78, 5) is 28.8. The van der Waals surface area contributed by atoms with E-state index in [1.165, 1.54) is 16.0 Å². The van der Waals surface area contributed by atoms with E-state index in [0.717, 1.165) is 36.8 Å². The summed E-state index contributed by atoms with van der Waals surface area (Å²) < 4.78 is 11.3. The van der Waals surface area contributed by atoms with Crippen molar-refractivity contribution in [2.24, 2.45) is 0 Å². The van der Waals surface area contributed by atoms with Gasteiger partial charge in [0, 0.05) is 11.3 Å². The van der Waals surface area contributed by atoms with E-state index < -0.39 is 17.7 Å². The van der Waals surface area contributed by atoms with Gasteiger partial charge >= 0.3 is 0 Å². The number of hydrogen-bond donors (Lipinski definition) is 1. The van der Waals surface area contributed by atoms with Gasteiger partial charge in [-0.15, -0.1) is 0 Å². The molecule has 1 atom stereocenters. The number of aliphatic hydroxyl groups is 1. The highest BCUT2D eigenvalue weighted by Gasteiger charge is 2.47. The summed E-state index contributed by atoms with van der Waals surface area (Å²) in [5.41, 5.74) is 6.18. The molecule has 6 heteroatoms. The molecular formula is C32H33NO5. The molecule has 0 aromatic heterocycles. The van der Waals surface area contributed by atoms with Crippen molar-refractivity contribution in [1.82, 2.24) is 0 Å². The minimum atomic E-state index is -0.836. The quantitative estimate of drug-likeness (QED) is 0.242. The molecule has 3 aromatic rings. The highest BCUT2D eigenvalue weighted by atomic mass is 16.5. The van der Waals surface area contributed by atoms with Crippen LogP contribution in [0.15, 0.2) is 60.2 Å². The molecular weight excluding hydrogens is 478 g/mol. The zero-order valence-corrected chi connectivity index (χ0v) is 22.3. The number of aliphatic hydroxyl groups excluding tert-OH is 1. The summed E-state index contributed by atoms with van der Waals surface area (Å²) in [5.74, 6) is -0.484. The predicted molar refractivity (Wildman–Crippen MR) is 148 cm³/mol. The number of anilines is 1. The molecule has 3 aromatic carbocycles. The van der Waals surface area contributed by atoms with E-state index in [0.29, 0.717) is 34.9 Å². The molecule has 1 aliphatic carbocycles. The van der Waals surface area contributed by atoms with E-state index in [4.69, 9.17) is 9.47 Å². The summed E-state index contributed by atoms with van der Waals surface area (Å²) in [6, 6.07) is 16.2. The number of fused-ring (bicyclic) bond motifs is 1. The van der Waals surface area contributed by atoms with Gasteiger partial charge in [0.1, 0.15) is 5.76 Å². The SMILES string of the molecule is CCOc1cc(C2/C(=C(\O)c3ccc4c(c3)CCCC4)C(=O)C(=O)N2c2cc(C)ccc2C)ccc1OC. The zero-order valence-electron chi connectivity index (χ0n) is 22.3. The molecule has 1 saturated heterocycles. The molecule has 0 radical (unpaired) electrons. The highest BCUT2D eigenvalue weighted by molar-refractivity contribution is 6.51. The molecule has 6 nitrogen and oxygen atoms in total. The largest absolute Gasteiger partial charge is 0.507 e. The molecule has 1 heterocycles. The Kier molecular flexibility index (Phi) is 6.98. The molecule has 0 spiro atoms. The molecule has 1 N–H and O–H groups in total. The number of Topliss-reactive ketones (excluding diaryl/α,β-unsaturated/α-hetero) is 1. The lowest BCUT2D eigenvalue weighted by molar-refractivity contribution is -0.132. The van der Waals surface area contributed by atoms with E-state index in [1.807, 2.05) is 63.2 Å². The fraction of sp³-hybridized carbons (Fsp3) is 0.312.